The van der Waals surface area contributed by atoms with E-state index in [0.717, 1.165) is 114 Å². The fourth-order valence-electron chi connectivity index (χ4n) is 10.6. The van der Waals surface area contributed by atoms with Crippen LogP contribution in [0.15, 0.2) is 0 Å². The van der Waals surface area contributed by atoms with E-state index < -0.39 is 97.5 Å². The van der Waals surface area contributed by atoms with E-state index in [9.17, 15) is 43.2 Å². The van der Waals surface area contributed by atoms with Crippen LogP contribution in [-0.2, 0) is 65.4 Å². The molecule has 90 heavy (non-hydrogen) atoms. The summed E-state index contributed by atoms with van der Waals surface area (Å²) in [6.45, 7) is 14.1. The standard InChI is InChI=1S/C71H138O17P2/c1-9-63(7)49-41-33-24-18-15-16-20-28-38-46-54-71(76)88-67(58-82-69(74)52-44-36-30-29-32-40-48-62(5)6)60-86-90(79,80)84-56-65(72)55-83-89(77,78)85-59-66(57-81-68(73)51-43-35-26-22-21-25-34-42-50-64(8)10-2)87-70(75)53-45-37-27-19-14-12-11-13-17-23-31-39-47-61(3)4/h61-67,72H,9-60H2,1-8H3,(H,77,78)(H,79,80)/t63?,64?,65-,66-,67-/m1/s1. The lowest BCUT2D eigenvalue weighted by Gasteiger charge is -2.21. The van der Waals surface area contributed by atoms with E-state index in [1.807, 2.05) is 0 Å². The normalized spacial score (nSPS) is 14.9. The maximum Gasteiger partial charge on any atom is 0.472 e. The number of hydrogen-bond acceptors (Lipinski definition) is 15. The molecule has 0 aromatic carbocycles. The molecule has 0 aromatic rings. The van der Waals surface area contributed by atoms with Crippen LogP contribution in [-0.4, -0.2) is 96.7 Å². The van der Waals surface area contributed by atoms with Crippen molar-refractivity contribution in [2.75, 3.05) is 39.6 Å². The minimum absolute atomic E-state index is 0.105. The van der Waals surface area contributed by atoms with Crippen molar-refractivity contribution in [3.05, 3.63) is 0 Å². The molecule has 0 aliphatic carbocycles. The molecular formula is C71H138O17P2. The third kappa shape index (κ3) is 62.2. The van der Waals surface area contributed by atoms with Gasteiger partial charge in [0.1, 0.15) is 19.3 Å². The molecule has 0 aromatic heterocycles. The van der Waals surface area contributed by atoms with E-state index in [0.29, 0.717) is 31.6 Å². The predicted octanol–water partition coefficient (Wildman–Crippen LogP) is 20.1. The number of phosphoric ester groups is 2. The largest absolute Gasteiger partial charge is 0.472 e. The predicted molar refractivity (Wildman–Crippen MR) is 363 cm³/mol. The molecule has 0 amide bonds. The summed E-state index contributed by atoms with van der Waals surface area (Å²) in [6, 6.07) is 0. The minimum atomic E-state index is -4.95. The second kappa shape index (κ2) is 60.7. The summed E-state index contributed by atoms with van der Waals surface area (Å²) in [5.41, 5.74) is 0. The summed E-state index contributed by atoms with van der Waals surface area (Å²) in [7, 11) is -9.90. The van der Waals surface area contributed by atoms with Gasteiger partial charge in [0.05, 0.1) is 26.4 Å². The van der Waals surface area contributed by atoms with Crippen molar-refractivity contribution in [3.8, 4) is 0 Å². The number of hydrogen-bond donors (Lipinski definition) is 3. The third-order valence-electron chi connectivity index (χ3n) is 17.0. The van der Waals surface area contributed by atoms with E-state index in [1.54, 1.807) is 0 Å². The molecule has 0 heterocycles. The fraction of sp³-hybridized carbons (Fsp3) is 0.944. The third-order valence-corrected chi connectivity index (χ3v) is 18.9. The summed E-state index contributed by atoms with van der Waals surface area (Å²) >= 11 is 0. The van der Waals surface area contributed by atoms with Crippen LogP contribution in [0.2, 0.25) is 0 Å². The van der Waals surface area contributed by atoms with E-state index in [2.05, 4.69) is 55.4 Å². The second-order valence-electron chi connectivity index (χ2n) is 27.1. The van der Waals surface area contributed by atoms with Gasteiger partial charge in [-0.3, -0.25) is 37.3 Å². The van der Waals surface area contributed by atoms with Crippen molar-refractivity contribution in [3.63, 3.8) is 0 Å². The van der Waals surface area contributed by atoms with Crippen molar-refractivity contribution in [2.45, 2.75) is 369 Å². The molecule has 7 atom stereocenters. The van der Waals surface area contributed by atoms with Crippen LogP contribution in [0.1, 0.15) is 351 Å². The van der Waals surface area contributed by atoms with Crippen LogP contribution in [0.25, 0.3) is 0 Å². The zero-order chi connectivity index (χ0) is 66.8. The number of phosphoric acid groups is 2. The molecule has 0 spiro atoms. The monoisotopic (exact) mass is 1320 g/mol. The van der Waals surface area contributed by atoms with Gasteiger partial charge in [0.25, 0.3) is 0 Å². The van der Waals surface area contributed by atoms with Gasteiger partial charge in [-0.25, -0.2) is 9.13 Å². The van der Waals surface area contributed by atoms with Crippen molar-refractivity contribution in [1.29, 1.82) is 0 Å². The fourth-order valence-corrected chi connectivity index (χ4v) is 12.2. The summed E-state index contributed by atoms with van der Waals surface area (Å²) in [4.78, 5) is 72.6. The molecule has 17 nitrogen and oxygen atoms in total. The van der Waals surface area contributed by atoms with E-state index in [4.69, 9.17) is 37.0 Å². The molecule has 0 fully saturated rings. The highest BCUT2D eigenvalue weighted by molar-refractivity contribution is 7.47. The van der Waals surface area contributed by atoms with Crippen LogP contribution >= 0.6 is 15.6 Å². The smallest absolute Gasteiger partial charge is 0.462 e. The average Bonchev–Trinajstić information content (AvgIpc) is 3.43. The first-order valence-electron chi connectivity index (χ1n) is 36.8. The molecule has 0 aliphatic heterocycles. The Kier molecular flexibility index (Phi) is 59.4. The lowest BCUT2D eigenvalue weighted by Crippen LogP contribution is -2.30. The Morgan fingerprint density at radius 3 is 0.789 bits per heavy atom. The summed E-state index contributed by atoms with van der Waals surface area (Å²) in [5.74, 6) is 0.907. The number of aliphatic hydroxyl groups is 1. The number of carbonyl (C=O) groups is 4. The van der Waals surface area contributed by atoms with Gasteiger partial charge < -0.3 is 33.8 Å². The Morgan fingerprint density at radius 2 is 0.533 bits per heavy atom. The Labute approximate surface area is 549 Å². The summed E-state index contributed by atoms with van der Waals surface area (Å²) < 4.78 is 68.3. The maximum atomic E-state index is 13.0. The lowest BCUT2D eigenvalue weighted by atomic mass is 9.99. The lowest BCUT2D eigenvalue weighted by molar-refractivity contribution is -0.161. The Bertz CT molecular complexity index is 1790. The van der Waals surface area contributed by atoms with E-state index >= 15 is 0 Å². The van der Waals surface area contributed by atoms with Crippen LogP contribution in [0.5, 0.6) is 0 Å². The molecule has 4 unspecified atom stereocenters. The highest BCUT2D eigenvalue weighted by Gasteiger charge is 2.30. The number of carbonyl (C=O) groups excluding carboxylic acids is 4. The topological polar surface area (TPSA) is 237 Å². The molecule has 0 rings (SSSR count). The van der Waals surface area contributed by atoms with Crippen molar-refractivity contribution in [1.82, 2.24) is 0 Å². The number of esters is 4. The van der Waals surface area contributed by atoms with Gasteiger partial charge in [0.2, 0.25) is 0 Å². The molecule has 534 valence electrons. The van der Waals surface area contributed by atoms with Gasteiger partial charge in [-0.15, -0.1) is 0 Å². The zero-order valence-electron chi connectivity index (χ0n) is 58.8. The van der Waals surface area contributed by atoms with Gasteiger partial charge in [0.15, 0.2) is 12.2 Å². The molecule has 0 saturated carbocycles. The van der Waals surface area contributed by atoms with E-state index in [1.165, 1.54) is 148 Å². The Morgan fingerprint density at radius 1 is 0.311 bits per heavy atom. The molecule has 0 aliphatic rings. The second-order valence-corrected chi connectivity index (χ2v) is 30.0. The Hall–Kier alpha value is -1.94. The first kappa shape index (κ1) is 88.1. The average molecular weight is 1330 g/mol. The molecular weight excluding hydrogens is 1190 g/mol. The highest BCUT2D eigenvalue weighted by atomic mass is 31.2. The zero-order valence-corrected chi connectivity index (χ0v) is 60.6. The van der Waals surface area contributed by atoms with Gasteiger partial charge in [-0.05, 0) is 49.4 Å². The number of rotatable bonds is 68. The first-order valence-corrected chi connectivity index (χ1v) is 39.8. The number of aliphatic hydroxyl groups excluding tert-OH is 1. The van der Waals surface area contributed by atoms with Crippen molar-refractivity contribution < 1.29 is 80.2 Å². The van der Waals surface area contributed by atoms with Gasteiger partial charge in [-0.1, -0.05) is 299 Å². The van der Waals surface area contributed by atoms with Gasteiger partial charge in [-0.2, -0.15) is 0 Å². The molecule has 19 heteroatoms. The number of ether oxygens (including phenoxy) is 4. The first-order chi connectivity index (χ1) is 43.2. The summed E-state index contributed by atoms with van der Waals surface area (Å²) in [6.07, 6.45) is 43.0. The van der Waals surface area contributed by atoms with Crippen LogP contribution < -0.4 is 0 Å². The van der Waals surface area contributed by atoms with Crippen LogP contribution in [0.3, 0.4) is 0 Å². The number of unbranched alkanes of at least 4 members (excludes halogenated alkanes) is 32. The summed E-state index contributed by atoms with van der Waals surface area (Å²) in [5, 5.41) is 10.6. The van der Waals surface area contributed by atoms with Crippen LogP contribution in [0.4, 0.5) is 0 Å². The van der Waals surface area contributed by atoms with Crippen molar-refractivity contribution >= 4 is 39.5 Å². The van der Waals surface area contributed by atoms with Crippen molar-refractivity contribution in [2.24, 2.45) is 23.7 Å². The SMILES string of the molecule is CCC(C)CCCCCCCCCCCCC(=O)O[C@H](COC(=O)CCCCCCCCC(C)C)COP(=O)(O)OC[C@H](O)COP(=O)(O)OC[C@@H](COC(=O)CCCCCCCCCCC(C)CC)OC(=O)CCCCCCCCCCCCCCC(C)C. The maximum absolute atomic E-state index is 13.0. The van der Waals surface area contributed by atoms with Gasteiger partial charge in [0, 0.05) is 25.7 Å². The molecule has 0 bridgehead atoms. The highest BCUT2D eigenvalue weighted by Crippen LogP contribution is 2.45. The molecule has 0 saturated heterocycles. The minimum Gasteiger partial charge on any atom is -0.462 e. The van der Waals surface area contributed by atoms with Gasteiger partial charge >= 0.3 is 39.5 Å². The quantitative estimate of drug-likeness (QED) is 0.0222. The Balaban J connectivity index is 5.26. The molecule has 0 radical (unpaired) electrons. The van der Waals surface area contributed by atoms with Crippen LogP contribution in [0, 0.1) is 23.7 Å². The van der Waals surface area contributed by atoms with E-state index in [-0.39, 0.29) is 25.7 Å². The molecule has 3 N–H and O–H groups in total.